The van der Waals surface area contributed by atoms with Crippen molar-refractivity contribution < 1.29 is 37.3 Å². The molecule has 38 heavy (non-hydrogen) atoms. The highest BCUT2D eigenvalue weighted by Gasteiger charge is 2.27. The highest BCUT2D eigenvalue weighted by molar-refractivity contribution is 7.85. The van der Waals surface area contributed by atoms with Crippen molar-refractivity contribution >= 4 is 39.9 Å². The van der Waals surface area contributed by atoms with Crippen LogP contribution in [0.2, 0.25) is 0 Å². The molecule has 13 nitrogen and oxygen atoms in total. The van der Waals surface area contributed by atoms with Gasteiger partial charge in [0.1, 0.15) is 12.1 Å². The van der Waals surface area contributed by atoms with Gasteiger partial charge in [0.25, 0.3) is 10.1 Å². The lowest BCUT2D eigenvalue weighted by molar-refractivity contribution is -0.138. The Morgan fingerprint density at radius 2 is 1.74 bits per heavy atom. The van der Waals surface area contributed by atoms with Gasteiger partial charge in [0, 0.05) is 37.4 Å². The minimum atomic E-state index is -4.36. The van der Waals surface area contributed by atoms with E-state index in [2.05, 4.69) is 25.9 Å². The van der Waals surface area contributed by atoms with Crippen LogP contribution in [0.1, 0.15) is 37.9 Å². The first-order chi connectivity index (χ1) is 17.8. The number of nitrogens with one attached hydrogen (secondary N) is 4. The number of carbonyl (C=O) groups excluding carboxylic acids is 3. The third-order valence-electron chi connectivity index (χ3n) is 5.18. The zero-order valence-electron chi connectivity index (χ0n) is 20.9. The van der Waals surface area contributed by atoms with E-state index in [1.54, 1.807) is 0 Å². The van der Waals surface area contributed by atoms with Crippen LogP contribution in [0.3, 0.4) is 0 Å². The van der Waals surface area contributed by atoms with Crippen molar-refractivity contribution in [3.05, 3.63) is 54.1 Å². The lowest BCUT2D eigenvalue weighted by atomic mass is 10.1. The quantitative estimate of drug-likeness (QED) is 0.143. The van der Waals surface area contributed by atoms with Gasteiger partial charge < -0.3 is 26.0 Å². The Hall–Kier alpha value is -4.04. The Morgan fingerprint density at radius 1 is 1.05 bits per heavy atom. The molecule has 0 unspecified atom stereocenters. The molecule has 0 saturated carbocycles. The smallest absolute Gasteiger partial charge is 0.303 e. The number of rotatable bonds is 14. The maximum Gasteiger partial charge on any atom is 0.303 e. The second-order valence-corrected chi connectivity index (χ2v) is 10.3. The molecule has 1 aromatic carbocycles. The summed E-state index contributed by atoms with van der Waals surface area (Å²) in [7, 11) is -4.36. The fraction of sp³-hybridized carbons (Fsp3) is 0.375. The van der Waals surface area contributed by atoms with E-state index in [1.807, 2.05) is 13.8 Å². The van der Waals surface area contributed by atoms with Crippen molar-refractivity contribution in [1.29, 1.82) is 0 Å². The Morgan fingerprint density at radius 3 is 2.29 bits per heavy atom. The van der Waals surface area contributed by atoms with Gasteiger partial charge >= 0.3 is 5.97 Å². The fourth-order valence-electron chi connectivity index (χ4n) is 3.21. The summed E-state index contributed by atoms with van der Waals surface area (Å²) < 4.78 is 31.3. The van der Waals surface area contributed by atoms with Crippen LogP contribution in [-0.2, 0) is 35.7 Å². The molecule has 0 saturated heterocycles. The van der Waals surface area contributed by atoms with Gasteiger partial charge in [-0.3, -0.25) is 23.7 Å². The number of nitrogens with zero attached hydrogens (tertiary/aromatic N) is 1. The molecule has 0 spiro atoms. The first-order valence-corrected chi connectivity index (χ1v) is 13.1. The summed E-state index contributed by atoms with van der Waals surface area (Å²) in [6, 6.07) is 2.75. The molecule has 0 aliphatic heterocycles. The largest absolute Gasteiger partial charge is 0.481 e. The fourth-order valence-corrected chi connectivity index (χ4v) is 3.69. The summed E-state index contributed by atoms with van der Waals surface area (Å²) in [5.41, 5.74) is 1.02. The van der Waals surface area contributed by atoms with Crippen molar-refractivity contribution in [2.24, 2.45) is 5.92 Å². The average Bonchev–Trinajstić information content (AvgIpc) is 3.36. The Kier molecular flexibility index (Phi) is 11.2. The van der Waals surface area contributed by atoms with Crippen LogP contribution in [-0.4, -0.2) is 70.4 Å². The van der Waals surface area contributed by atoms with Gasteiger partial charge in [0.05, 0.1) is 11.2 Å². The van der Waals surface area contributed by atoms with E-state index in [0.717, 1.165) is 18.2 Å². The maximum atomic E-state index is 13.0. The topological polar surface area (TPSA) is 208 Å². The van der Waals surface area contributed by atoms with Gasteiger partial charge in [-0.1, -0.05) is 26.0 Å². The molecule has 0 aliphatic carbocycles. The maximum absolute atomic E-state index is 13.0. The molecule has 0 radical (unpaired) electrons. The number of imidazole rings is 1. The lowest BCUT2D eigenvalue weighted by Crippen LogP contribution is -2.54. The van der Waals surface area contributed by atoms with E-state index < -0.39 is 52.3 Å². The zero-order chi connectivity index (χ0) is 28.3. The van der Waals surface area contributed by atoms with Gasteiger partial charge in [0.2, 0.25) is 17.7 Å². The molecule has 3 amide bonds. The molecule has 2 atom stereocenters. The number of aliphatic carboxylic acids is 1. The second-order valence-electron chi connectivity index (χ2n) is 8.85. The number of amides is 3. The summed E-state index contributed by atoms with van der Waals surface area (Å²) in [4.78, 5) is 55.9. The van der Waals surface area contributed by atoms with Crippen molar-refractivity contribution in [2.75, 3.05) is 6.54 Å². The van der Waals surface area contributed by atoms with Crippen LogP contribution in [0, 0.1) is 5.92 Å². The lowest BCUT2D eigenvalue weighted by Gasteiger charge is -2.23. The highest BCUT2D eigenvalue weighted by Crippen LogP contribution is 2.11. The van der Waals surface area contributed by atoms with Crippen LogP contribution < -0.4 is 16.0 Å². The predicted octanol–water partition coefficient (Wildman–Crippen LogP) is 0.519. The molecule has 14 heteroatoms. The second kappa shape index (κ2) is 14.0. The van der Waals surface area contributed by atoms with Crippen LogP contribution in [0.25, 0.3) is 6.08 Å². The molecule has 0 aliphatic rings. The van der Waals surface area contributed by atoms with Gasteiger partial charge in [-0.25, -0.2) is 4.98 Å². The molecule has 0 bridgehead atoms. The minimum absolute atomic E-state index is 0.0920. The summed E-state index contributed by atoms with van der Waals surface area (Å²) in [5.74, 6) is -2.91. The van der Waals surface area contributed by atoms with Crippen molar-refractivity contribution in [2.45, 2.75) is 50.1 Å². The van der Waals surface area contributed by atoms with Crippen LogP contribution in [0.4, 0.5) is 0 Å². The third kappa shape index (κ3) is 10.5. The molecule has 1 heterocycles. The van der Waals surface area contributed by atoms with Crippen LogP contribution >= 0.6 is 0 Å². The van der Waals surface area contributed by atoms with Crippen LogP contribution in [0.15, 0.2) is 47.8 Å². The van der Waals surface area contributed by atoms with Gasteiger partial charge in [0.15, 0.2) is 0 Å². The molecular formula is C24H31N5O8S. The average molecular weight is 550 g/mol. The predicted molar refractivity (Wildman–Crippen MR) is 136 cm³/mol. The van der Waals surface area contributed by atoms with Crippen molar-refractivity contribution in [3.8, 4) is 0 Å². The molecule has 6 N–H and O–H groups in total. The van der Waals surface area contributed by atoms with E-state index in [9.17, 15) is 27.6 Å². The normalized spacial score (nSPS) is 13.2. The number of H-pyrrole nitrogens is 1. The van der Waals surface area contributed by atoms with E-state index >= 15 is 0 Å². The molecule has 2 rings (SSSR count). The monoisotopic (exact) mass is 549 g/mol. The van der Waals surface area contributed by atoms with E-state index in [0.29, 0.717) is 17.8 Å². The zero-order valence-corrected chi connectivity index (χ0v) is 21.7. The van der Waals surface area contributed by atoms with Crippen molar-refractivity contribution in [1.82, 2.24) is 25.9 Å². The molecule has 206 valence electrons. The third-order valence-corrected chi connectivity index (χ3v) is 6.05. The highest BCUT2D eigenvalue weighted by atomic mass is 32.2. The van der Waals surface area contributed by atoms with Gasteiger partial charge in [-0.15, -0.1) is 0 Å². The summed E-state index contributed by atoms with van der Waals surface area (Å²) in [6.07, 6.45) is 4.81. The number of benzene rings is 1. The summed E-state index contributed by atoms with van der Waals surface area (Å²) in [5, 5.41) is 16.9. The number of aromatic amines is 1. The van der Waals surface area contributed by atoms with Gasteiger partial charge in [-0.2, -0.15) is 8.42 Å². The minimum Gasteiger partial charge on any atom is -0.481 e. The number of aromatic nitrogens is 2. The first kappa shape index (κ1) is 30.2. The number of hydrogen-bond acceptors (Lipinski definition) is 7. The number of carbonyl (C=O) groups is 4. The molecule has 0 fully saturated rings. The number of hydrogen-bond donors (Lipinski definition) is 6. The Balaban J connectivity index is 2.13. The summed E-state index contributed by atoms with van der Waals surface area (Å²) >= 11 is 0. The molecular weight excluding hydrogens is 518 g/mol. The first-order valence-electron chi connectivity index (χ1n) is 11.7. The summed E-state index contributed by atoms with van der Waals surface area (Å²) in [6.45, 7) is 4.20. The van der Waals surface area contributed by atoms with E-state index in [1.165, 1.54) is 30.7 Å². The Labute approximate surface area is 219 Å². The van der Waals surface area contributed by atoms with Crippen molar-refractivity contribution in [3.63, 3.8) is 0 Å². The Bertz CT molecular complexity index is 1240. The number of carboxylic acids is 1. The SMILES string of the molecule is CC(C)CNC(=O)[C@@H](Cc1cnc[nH]1)NC(=O)[C@H](CCC(=O)O)NC(=O)/C=C/c1ccc(S(=O)(=O)O)cc1. The molecule has 2 aromatic rings. The molecule has 1 aromatic heterocycles. The van der Waals surface area contributed by atoms with Gasteiger partial charge in [-0.05, 0) is 36.1 Å². The van der Waals surface area contributed by atoms with Crippen LogP contribution in [0.5, 0.6) is 0 Å². The standard InChI is InChI=1S/C24H31N5O8S/c1-15(2)12-26-23(33)20(11-17-13-25-14-27-17)29-24(34)19(8-10-22(31)32)28-21(30)9-5-16-3-6-18(7-4-16)38(35,36)37/h3-7,9,13-15,19-20H,8,10-12H2,1-2H3,(H,25,27)(H,26,33)(H,28,30)(H,29,34)(H,31,32)(H,35,36,37)/b9-5+/t19-,20+/m0/s1. The van der Waals surface area contributed by atoms with E-state index in [-0.39, 0.29) is 23.7 Å². The van der Waals surface area contributed by atoms with E-state index in [4.69, 9.17) is 9.66 Å². The number of carboxylic acid groups (broad SMARTS) is 1.